The average Bonchev–Trinajstić information content (AvgIpc) is 3.28. The van der Waals surface area contributed by atoms with Crippen molar-refractivity contribution in [3.8, 4) is 0 Å². The Hall–Kier alpha value is -5.10. The summed E-state index contributed by atoms with van der Waals surface area (Å²) >= 11 is 0. The monoisotopic (exact) mass is 918 g/mol. The van der Waals surface area contributed by atoms with Gasteiger partial charge in [0, 0.05) is 61.3 Å². The minimum Gasteiger partial charge on any atom is -0.394 e. The van der Waals surface area contributed by atoms with Crippen LogP contribution in [0.2, 0.25) is 0 Å². The van der Waals surface area contributed by atoms with E-state index in [9.17, 15) is 74.7 Å². The topological polar surface area (TPSA) is 339 Å². The Kier molecular flexibility index (Phi) is 20.8. The number of aliphatic hydroxyl groups excluding tert-OH is 9. The number of carbonyl (C=O) groups excluding carboxylic acids is 6. The number of amides is 6. The van der Waals surface area contributed by atoms with Crippen LogP contribution in [0, 0.1) is 27.7 Å². The summed E-state index contributed by atoms with van der Waals surface area (Å²) in [6.07, 6.45) is -7.17. The summed E-state index contributed by atoms with van der Waals surface area (Å²) in [5.74, 6) is -4.15. The number of anilines is 2. The van der Waals surface area contributed by atoms with Gasteiger partial charge in [-0.1, -0.05) is 13.8 Å². The first-order valence-electron chi connectivity index (χ1n) is 21.6. The smallest absolute Gasteiger partial charge is 0.252 e. The summed E-state index contributed by atoms with van der Waals surface area (Å²) in [6.45, 7) is 4.43. The number of hydrogen-bond donors (Lipinski definition) is 13. The van der Waals surface area contributed by atoms with Crippen molar-refractivity contribution < 1.29 is 74.7 Å². The van der Waals surface area contributed by atoms with E-state index in [0.717, 1.165) is 0 Å². The van der Waals surface area contributed by atoms with Gasteiger partial charge >= 0.3 is 0 Å². The van der Waals surface area contributed by atoms with Crippen LogP contribution >= 0.6 is 0 Å². The summed E-state index contributed by atoms with van der Waals surface area (Å²) in [7, 11) is 0. The molecule has 0 spiro atoms. The zero-order chi connectivity index (χ0) is 48.9. The number of nitrogens with one attached hydrogen (secondary N) is 4. The van der Waals surface area contributed by atoms with Crippen LogP contribution < -0.4 is 31.1 Å². The van der Waals surface area contributed by atoms with Crippen molar-refractivity contribution in [1.82, 2.24) is 21.3 Å². The van der Waals surface area contributed by atoms with Crippen LogP contribution in [-0.4, -0.2) is 178 Å². The molecule has 13 N–H and O–H groups in total. The van der Waals surface area contributed by atoms with Crippen LogP contribution in [-0.2, 0) is 22.4 Å². The molecule has 1 saturated heterocycles. The van der Waals surface area contributed by atoms with E-state index in [2.05, 4.69) is 21.3 Å². The third-order valence-corrected chi connectivity index (χ3v) is 11.3. The summed E-state index contributed by atoms with van der Waals surface area (Å²) in [5.41, 5.74) is 1.44. The molecule has 0 bridgehead atoms. The van der Waals surface area contributed by atoms with Gasteiger partial charge in [0.25, 0.3) is 23.6 Å². The molecule has 0 aliphatic carbocycles. The summed E-state index contributed by atoms with van der Waals surface area (Å²) in [6, 6.07) is 0. The van der Waals surface area contributed by atoms with E-state index in [1.54, 1.807) is 27.7 Å². The molecule has 6 amide bonds. The van der Waals surface area contributed by atoms with Gasteiger partial charge in [0.05, 0.1) is 81.4 Å². The van der Waals surface area contributed by atoms with Crippen molar-refractivity contribution >= 4 is 46.8 Å². The Morgan fingerprint density at radius 3 is 1.06 bits per heavy atom. The maximum Gasteiger partial charge on any atom is 0.252 e. The molecule has 1 aliphatic heterocycles. The third-order valence-electron chi connectivity index (χ3n) is 11.3. The Morgan fingerprint density at radius 2 is 0.800 bits per heavy atom. The third kappa shape index (κ3) is 13.0. The summed E-state index contributed by atoms with van der Waals surface area (Å²) < 4.78 is 0. The van der Waals surface area contributed by atoms with E-state index >= 15 is 0 Å². The first-order valence-corrected chi connectivity index (χ1v) is 21.6. The molecule has 1 aliphatic rings. The van der Waals surface area contributed by atoms with Crippen LogP contribution in [0.15, 0.2) is 0 Å². The van der Waals surface area contributed by atoms with Gasteiger partial charge in [-0.25, -0.2) is 0 Å². The summed E-state index contributed by atoms with van der Waals surface area (Å²) in [5, 5.41) is 99.9. The molecule has 1 heterocycles. The lowest BCUT2D eigenvalue weighted by Gasteiger charge is -2.36. The molecule has 0 radical (unpaired) electrons. The maximum atomic E-state index is 14.3. The van der Waals surface area contributed by atoms with Crippen LogP contribution in [0.1, 0.15) is 108 Å². The molecule has 3 rings (SSSR count). The molecule has 4 unspecified atom stereocenters. The molecule has 2 aromatic rings. The van der Waals surface area contributed by atoms with Crippen molar-refractivity contribution in [2.45, 2.75) is 104 Å². The molecule has 21 nitrogen and oxygen atoms in total. The van der Waals surface area contributed by atoms with E-state index in [0.29, 0.717) is 11.1 Å². The lowest BCUT2D eigenvalue weighted by molar-refractivity contribution is -0.121. The van der Waals surface area contributed by atoms with Gasteiger partial charge in [-0.15, -0.1) is 0 Å². The van der Waals surface area contributed by atoms with Crippen LogP contribution in [0.25, 0.3) is 0 Å². The number of hydrogen-bond acceptors (Lipinski definition) is 15. The number of β-amino-alcohol motifs (C(OH)–C–C–N with tert-alkyl or cyclic N) is 1. The van der Waals surface area contributed by atoms with Gasteiger partial charge < -0.3 is 77.0 Å². The van der Waals surface area contributed by atoms with Gasteiger partial charge in [0.15, 0.2) is 0 Å². The number of carbonyl (C=O) groups is 6. The van der Waals surface area contributed by atoms with Crippen molar-refractivity contribution in [2.24, 2.45) is 0 Å². The Morgan fingerprint density at radius 1 is 0.523 bits per heavy atom. The molecule has 4 atom stereocenters. The normalized spacial score (nSPS) is 16.7. The highest BCUT2D eigenvalue weighted by atomic mass is 16.3. The van der Waals surface area contributed by atoms with Crippen molar-refractivity contribution in [2.75, 3.05) is 75.5 Å². The van der Waals surface area contributed by atoms with Gasteiger partial charge in [-0.2, -0.15) is 0 Å². The van der Waals surface area contributed by atoms with Crippen molar-refractivity contribution in [3.63, 3.8) is 0 Å². The molecule has 362 valence electrons. The zero-order valence-electron chi connectivity index (χ0n) is 37.9. The molecule has 0 saturated carbocycles. The predicted molar refractivity (Wildman–Crippen MR) is 237 cm³/mol. The second kappa shape index (κ2) is 25.0. The first kappa shape index (κ1) is 54.2. The zero-order valence-corrected chi connectivity index (χ0v) is 37.9. The highest BCUT2D eigenvalue weighted by Gasteiger charge is 2.36. The van der Waals surface area contributed by atoms with Gasteiger partial charge in [-0.05, 0) is 80.3 Å². The quantitative estimate of drug-likeness (QED) is 0.0642. The fourth-order valence-electron chi connectivity index (χ4n) is 8.14. The molecule has 1 fully saturated rings. The largest absolute Gasteiger partial charge is 0.394 e. The number of nitrogens with zero attached hydrogens (tertiary/aromatic N) is 2. The van der Waals surface area contributed by atoms with E-state index in [1.165, 1.54) is 23.6 Å². The SMILES string of the molecule is CCc1c(C(=O)NCC(O)CO)c(C)c(C(=O)NCC(O)CO)c(C)c1N1CC(O)CN(c2c(C)c(C(=O)NCC(O)CO)c(C)c(C(=O)NCC(O)CO)c2CC)C(=O)CCCC1=O. The Labute approximate surface area is 377 Å². The lowest BCUT2D eigenvalue weighted by Crippen LogP contribution is -2.47. The fourth-order valence-corrected chi connectivity index (χ4v) is 8.14. The fraction of sp³-hybridized carbons (Fsp3) is 0.591. The highest BCUT2D eigenvalue weighted by molar-refractivity contribution is 6.10. The molecule has 65 heavy (non-hydrogen) atoms. The van der Waals surface area contributed by atoms with Crippen molar-refractivity contribution in [3.05, 3.63) is 55.6 Å². The van der Waals surface area contributed by atoms with E-state index in [4.69, 9.17) is 0 Å². The Balaban J connectivity index is 2.33. The lowest BCUT2D eigenvalue weighted by atomic mass is 9.87. The van der Waals surface area contributed by atoms with Crippen molar-refractivity contribution in [1.29, 1.82) is 0 Å². The molecular formula is C44H66N6O15. The summed E-state index contributed by atoms with van der Waals surface area (Å²) in [4.78, 5) is 86.7. The van der Waals surface area contributed by atoms with Gasteiger partial charge in [0.2, 0.25) is 11.8 Å². The first-order chi connectivity index (χ1) is 30.7. The second-order valence-corrected chi connectivity index (χ2v) is 16.1. The number of benzene rings is 2. The van der Waals surface area contributed by atoms with Crippen LogP contribution in [0.3, 0.4) is 0 Å². The molecule has 21 heteroatoms. The van der Waals surface area contributed by atoms with Gasteiger partial charge in [-0.3, -0.25) is 28.8 Å². The standard InChI is InChI=1S/C44H66N6O15/c1-7-31-37(43(64)47-14-28(57)20-53)22(3)35(41(62)45-12-26(55)18-51)24(5)39(31)49-16-30(59)17-50(34(61)11-9-10-33(49)60)40-25(6)36(42(63)46-13-27(56)19-52)23(4)38(32(40)8-2)44(65)48-15-29(58)21-54/h26-30,51-59H,7-21H2,1-6H3,(H,45,62)(H,46,63)(H,47,64)(H,48,65). The van der Waals surface area contributed by atoms with E-state index in [1.807, 2.05) is 0 Å². The average molecular weight is 919 g/mol. The molecular weight excluding hydrogens is 853 g/mol. The second-order valence-electron chi connectivity index (χ2n) is 16.1. The minimum atomic E-state index is -1.57. The van der Waals surface area contributed by atoms with E-state index < -0.39 is 105 Å². The van der Waals surface area contributed by atoms with Crippen LogP contribution in [0.4, 0.5) is 11.4 Å². The maximum absolute atomic E-state index is 14.3. The predicted octanol–water partition coefficient (Wildman–Crippen LogP) is -2.71. The number of rotatable bonds is 20. The number of aliphatic hydroxyl groups is 9. The minimum absolute atomic E-state index is 0.0280. The molecule has 2 aromatic carbocycles. The van der Waals surface area contributed by atoms with E-state index in [-0.39, 0.29) is 114 Å². The van der Waals surface area contributed by atoms with Gasteiger partial charge in [0.1, 0.15) is 0 Å². The Bertz CT molecular complexity index is 1920. The highest BCUT2D eigenvalue weighted by Crippen LogP contribution is 2.39. The molecule has 0 aromatic heterocycles. The van der Waals surface area contributed by atoms with Crippen LogP contribution in [0.5, 0.6) is 0 Å².